The number of nitrogens with one attached hydrogen (secondary N) is 3. The quantitative estimate of drug-likeness (QED) is 0.353. The van der Waals surface area contributed by atoms with Gasteiger partial charge in [-0.1, -0.05) is 13.0 Å². The summed E-state index contributed by atoms with van der Waals surface area (Å²) in [6, 6.07) is 13.1. The van der Waals surface area contributed by atoms with E-state index in [-0.39, 0.29) is 24.6 Å². The van der Waals surface area contributed by atoms with E-state index in [2.05, 4.69) is 20.5 Å². The first-order chi connectivity index (χ1) is 17.6. The van der Waals surface area contributed by atoms with Gasteiger partial charge in [-0.3, -0.25) is 15.2 Å². The number of anilines is 1. The van der Waals surface area contributed by atoms with Crippen molar-refractivity contribution in [3.63, 3.8) is 0 Å². The van der Waals surface area contributed by atoms with E-state index in [9.17, 15) is 18.0 Å². The molecule has 4 rings (SSSR count). The van der Waals surface area contributed by atoms with Gasteiger partial charge >= 0.3 is 6.18 Å². The van der Waals surface area contributed by atoms with Crippen molar-refractivity contribution in [2.24, 2.45) is 0 Å². The maximum absolute atomic E-state index is 13.0. The monoisotopic (exact) mass is 513 g/mol. The molecule has 196 valence electrons. The molecule has 1 aliphatic heterocycles. The molecule has 10 heteroatoms. The summed E-state index contributed by atoms with van der Waals surface area (Å²) >= 11 is 0. The van der Waals surface area contributed by atoms with Gasteiger partial charge in [0.2, 0.25) is 0 Å². The first-order valence-corrected chi connectivity index (χ1v) is 11.8. The number of carbonyl (C=O) groups is 1. The number of aromatic nitrogens is 1. The number of hydrogen-bond donors (Lipinski definition) is 3. The normalized spacial score (nSPS) is 14.1. The molecule has 2 aromatic carbocycles. The standard InChI is InChI=1S/C27H28F3N5O2.H2/c1-4-16-11-17(5-7-21(16)26(36)34-18-14-35(3)15-18)23-12-20(9-10-33-23)37-19-6-8-22(24(13-19)32-2)25(31)27(28,29)30;/h5-13,18,31-32H,4,14-15H2,1-3H3,(H,34,36);1H. The Balaban J connectivity index is 0.00000400. The van der Waals surface area contributed by atoms with E-state index in [1.54, 1.807) is 24.4 Å². The highest BCUT2D eigenvalue weighted by Crippen LogP contribution is 2.32. The Hall–Kier alpha value is -3.92. The molecular formula is C27H30F3N5O2. The van der Waals surface area contributed by atoms with Crippen molar-refractivity contribution in [2.45, 2.75) is 25.6 Å². The summed E-state index contributed by atoms with van der Waals surface area (Å²) < 4.78 is 44.9. The summed E-state index contributed by atoms with van der Waals surface area (Å²) in [6.07, 6.45) is -2.50. The van der Waals surface area contributed by atoms with Gasteiger partial charge in [-0.25, -0.2) is 0 Å². The topological polar surface area (TPSA) is 90.3 Å². The molecular weight excluding hydrogens is 483 g/mol. The summed E-state index contributed by atoms with van der Waals surface area (Å²) in [4.78, 5) is 19.3. The fraction of sp³-hybridized carbons (Fsp3) is 0.296. The molecule has 0 radical (unpaired) electrons. The molecule has 0 unspecified atom stereocenters. The Kier molecular flexibility index (Phi) is 7.49. The lowest BCUT2D eigenvalue weighted by atomic mass is 9.98. The Morgan fingerprint density at radius 3 is 2.49 bits per heavy atom. The summed E-state index contributed by atoms with van der Waals surface area (Å²) in [5, 5.41) is 13.2. The predicted molar refractivity (Wildman–Crippen MR) is 139 cm³/mol. The number of benzene rings is 2. The Morgan fingerprint density at radius 2 is 1.84 bits per heavy atom. The zero-order valence-corrected chi connectivity index (χ0v) is 20.7. The average Bonchev–Trinajstić information content (AvgIpc) is 2.86. The predicted octanol–water partition coefficient (Wildman–Crippen LogP) is 5.36. The second kappa shape index (κ2) is 10.6. The number of halogens is 3. The lowest BCUT2D eigenvalue weighted by molar-refractivity contribution is -0.0587. The number of pyridine rings is 1. The van der Waals surface area contributed by atoms with E-state index in [1.807, 2.05) is 26.1 Å². The van der Waals surface area contributed by atoms with Crippen LogP contribution >= 0.6 is 0 Å². The van der Waals surface area contributed by atoms with E-state index in [0.29, 0.717) is 29.2 Å². The van der Waals surface area contributed by atoms with Crippen LogP contribution in [0.1, 0.15) is 29.8 Å². The van der Waals surface area contributed by atoms with E-state index in [4.69, 9.17) is 10.1 Å². The third-order valence-corrected chi connectivity index (χ3v) is 6.21. The number of hydrogen-bond acceptors (Lipinski definition) is 6. The van der Waals surface area contributed by atoms with Crippen LogP contribution in [0.5, 0.6) is 11.5 Å². The van der Waals surface area contributed by atoms with Crippen LogP contribution in [-0.4, -0.2) is 60.9 Å². The number of carbonyl (C=O) groups excluding carboxylic acids is 1. The van der Waals surface area contributed by atoms with Crippen LogP contribution in [0.25, 0.3) is 11.3 Å². The third-order valence-electron chi connectivity index (χ3n) is 6.21. The lowest BCUT2D eigenvalue weighted by Gasteiger charge is -2.36. The first-order valence-electron chi connectivity index (χ1n) is 11.8. The van der Waals surface area contributed by atoms with Crippen LogP contribution in [-0.2, 0) is 6.42 Å². The second-order valence-electron chi connectivity index (χ2n) is 8.93. The number of ether oxygens (including phenoxy) is 1. The molecule has 1 fully saturated rings. The van der Waals surface area contributed by atoms with Gasteiger partial charge in [-0.15, -0.1) is 0 Å². The van der Waals surface area contributed by atoms with Crippen molar-refractivity contribution in [2.75, 3.05) is 32.5 Å². The maximum Gasteiger partial charge on any atom is 0.433 e. The number of likely N-dealkylation sites (N-methyl/N-ethyl adjacent to an activating group) is 1. The maximum atomic E-state index is 13.0. The van der Waals surface area contributed by atoms with E-state index >= 15 is 0 Å². The van der Waals surface area contributed by atoms with Crippen molar-refractivity contribution in [3.05, 3.63) is 71.4 Å². The SMILES string of the molecule is CCc1cc(-c2cc(Oc3ccc(C(=N)C(F)(F)F)c(NC)c3)ccn2)ccc1C(=O)NC1CN(C)C1.[HH]. The van der Waals surface area contributed by atoms with Crippen molar-refractivity contribution >= 4 is 17.3 Å². The summed E-state index contributed by atoms with van der Waals surface area (Å²) in [7, 11) is 3.49. The van der Waals surface area contributed by atoms with E-state index < -0.39 is 11.9 Å². The number of aryl methyl sites for hydroxylation is 1. The molecule has 1 aliphatic rings. The molecule has 37 heavy (non-hydrogen) atoms. The van der Waals surface area contributed by atoms with Crippen molar-refractivity contribution in [1.29, 1.82) is 5.41 Å². The molecule has 7 nitrogen and oxygen atoms in total. The molecule has 1 aromatic heterocycles. The Bertz CT molecular complexity index is 1330. The minimum absolute atomic E-state index is 0. The van der Waals surface area contributed by atoms with Gasteiger partial charge in [0, 0.05) is 62.3 Å². The van der Waals surface area contributed by atoms with Crippen LogP contribution < -0.4 is 15.4 Å². The molecule has 1 amide bonds. The largest absolute Gasteiger partial charge is 0.457 e. The van der Waals surface area contributed by atoms with E-state index in [0.717, 1.165) is 24.2 Å². The smallest absolute Gasteiger partial charge is 0.433 e. The van der Waals surface area contributed by atoms with Crippen LogP contribution in [0.4, 0.5) is 18.9 Å². The van der Waals surface area contributed by atoms with Gasteiger partial charge in [-0.2, -0.15) is 13.2 Å². The number of nitrogens with zero attached hydrogens (tertiary/aromatic N) is 2. The zero-order chi connectivity index (χ0) is 26.7. The van der Waals surface area contributed by atoms with Crippen molar-refractivity contribution in [3.8, 4) is 22.8 Å². The minimum Gasteiger partial charge on any atom is -0.457 e. The number of alkyl halides is 3. The fourth-order valence-electron chi connectivity index (χ4n) is 4.25. The van der Waals surface area contributed by atoms with E-state index in [1.165, 1.54) is 25.2 Å². The number of rotatable bonds is 8. The van der Waals surface area contributed by atoms with Crippen molar-refractivity contribution < 1.29 is 24.1 Å². The Labute approximate surface area is 214 Å². The molecule has 0 aliphatic carbocycles. The van der Waals surface area contributed by atoms with Crippen LogP contribution in [0.2, 0.25) is 0 Å². The molecule has 0 spiro atoms. The average molecular weight is 514 g/mol. The molecule has 1 saturated heterocycles. The Morgan fingerprint density at radius 1 is 1.14 bits per heavy atom. The molecule has 0 saturated carbocycles. The molecule has 0 bridgehead atoms. The summed E-state index contributed by atoms with van der Waals surface area (Å²) in [6.45, 7) is 3.66. The first kappa shape index (κ1) is 26.2. The highest BCUT2D eigenvalue weighted by Gasteiger charge is 2.36. The molecule has 0 atom stereocenters. The van der Waals surface area contributed by atoms with Gasteiger partial charge in [0.15, 0.2) is 0 Å². The second-order valence-corrected chi connectivity index (χ2v) is 8.93. The summed E-state index contributed by atoms with van der Waals surface area (Å²) in [5.74, 6) is 0.664. The zero-order valence-electron chi connectivity index (χ0n) is 20.7. The van der Waals surface area contributed by atoms with Gasteiger partial charge in [-0.05, 0) is 49.4 Å². The van der Waals surface area contributed by atoms with Crippen LogP contribution in [0.15, 0.2) is 54.7 Å². The van der Waals surface area contributed by atoms with Crippen molar-refractivity contribution in [1.82, 2.24) is 15.2 Å². The molecule has 3 N–H and O–H groups in total. The minimum atomic E-state index is -4.75. The van der Waals surface area contributed by atoms with Gasteiger partial charge in [0.05, 0.1) is 11.7 Å². The number of amides is 1. The van der Waals surface area contributed by atoms with Gasteiger partial charge in [0.1, 0.15) is 17.2 Å². The molecule has 3 aromatic rings. The molecule has 2 heterocycles. The fourth-order valence-corrected chi connectivity index (χ4v) is 4.25. The summed E-state index contributed by atoms with van der Waals surface area (Å²) in [5.41, 5.74) is 1.41. The van der Waals surface area contributed by atoms with Gasteiger partial charge < -0.3 is 20.3 Å². The van der Waals surface area contributed by atoms with Gasteiger partial charge in [0.25, 0.3) is 5.91 Å². The lowest BCUT2D eigenvalue weighted by Crippen LogP contribution is -2.57. The highest BCUT2D eigenvalue weighted by atomic mass is 19.4. The highest BCUT2D eigenvalue weighted by molar-refractivity contribution is 6.06. The van der Waals surface area contributed by atoms with Crippen LogP contribution in [0.3, 0.4) is 0 Å². The number of likely N-dealkylation sites (tertiary alicyclic amines) is 1. The third kappa shape index (κ3) is 5.91. The van der Waals surface area contributed by atoms with Crippen LogP contribution in [0, 0.1) is 5.41 Å².